The van der Waals surface area contributed by atoms with E-state index in [4.69, 9.17) is 21.1 Å². The molecule has 0 saturated carbocycles. The van der Waals surface area contributed by atoms with Crippen molar-refractivity contribution in [1.82, 2.24) is 14.8 Å². The van der Waals surface area contributed by atoms with Gasteiger partial charge in [0.1, 0.15) is 18.3 Å². The first-order valence-corrected chi connectivity index (χ1v) is 8.53. The van der Waals surface area contributed by atoms with Crippen LogP contribution >= 0.6 is 11.6 Å². The van der Waals surface area contributed by atoms with Crippen molar-refractivity contribution in [2.45, 2.75) is 50.7 Å². The average molecular weight is 352 g/mol. The lowest BCUT2D eigenvalue weighted by molar-refractivity contribution is -0.229. The van der Waals surface area contributed by atoms with Crippen molar-refractivity contribution in [1.29, 1.82) is 0 Å². The van der Waals surface area contributed by atoms with Crippen molar-refractivity contribution in [3.63, 3.8) is 0 Å². The van der Waals surface area contributed by atoms with E-state index in [1.807, 2.05) is 6.92 Å². The molecule has 1 saturated heterocycles. The zero-order valence-electron chi connectivity index (χ0n) is 13.6. The summed E-state index contributed by atoms with van der Waals surface area (Å²) in [6.07, 6.45) is 5.19. The molecule has 1 fully saturated rings. The molecule has 1 aliphatic heterocycles. The third-order valence-corrected chi connectivity index (χ3v) is 4.63. The first-order chi connectivity index (χ1) is 11.6. The van der Waals surface area contributed by atoms with E-state index in [1.54, 1.807) is 35.3 Å². The topological polar surface area (TPSA) is 69.4 Å². The minimum atomic E-state index is -1.28. The van der Waals surface area contributed by atoms with E-state index < -0.39 is 11.7 Å². The van der Waals surface area contributed by atoms with E-state index in [1.165, 1.54) is 6.33 Å². The van der Waals surface area contributed by atoms with Crippen molar-refractivity contribution in [3.05, 3.63) is 47.5 Å². The van der Waals surface area contributed by atoms with Crippen molar-refractivity contribution < 1.29 is 14.6 Å². The Balaban J connectivity index is 1.83. The van der Waals surface area contributed by atoms with Gasteiger partial charge in [0.25, 0.3) is 0 Å². The quantitative estimate of drug-likeness (QED) is 0.866. The highest BCUT2D eigenvalue weighted by atomic mass is 35.5. The summed E-state index contributed by atoms with van der Waals surface area (Å²) in [7, 11) is 0. The van der Waals surface area contributed by atoms with E-state index >= 15 is 0 Å². The monoisotopic (exact) mass is 351 g/mol. The second kappa shape index (κ2) is 7.61. The zero-order chi connectivity index (χ0) is 17.0. The van der Waals surface area contributed by atoms with Gasteiger partial charge in [-0.2, -0.15) is 5.10 Å². The standard InChI is InChI=1S/C17H22ClN3O3/c1-13(24-16-4-2-3-9-23-16)17(22,10-21-12-19-11-20-21)14-5-7-15(18)8-6-14/h5-8,11-13,16,22H,2-4,9-10H2,1H3/t13-,16?,17?/m1/s1. The summed E-state index contributed by atoms with van der Waals surface area (Å²) in [5.41, 5.74) is -0.565. The Kier molecular flexibility index (Phi) is 5.50. The Morgan fingerprint density at radius 3 is 2.83 bits per heavy atom. The molecule has 2 aromatic rings. The molecule has 2 unspecified atom stereocenters. The first kappa shape index (κ1) is 17.4. The molecule has 1 aromatic carbocycles. The highest BCUT2D eigenvalue weighted by Crippen LogP contribution is 2.32. The number of halogens is 1. The van der Waals surface area contributed by atoms with E-state index in [2.05, 4.69) is 10.1 Å². The minimum absolute atomic E-state index is 0.225. The maximum absolute atomic E-state index is 11.4. The Bertz CT molecular complexity index is 629. The molecular formula is C17H22ClN3O3. The maximum Gasteiger partial charge on any atom is 0.158 e. The molecule has 2 heterocycles. The lowest BCUT2D eigenvalue weighted by Crippen LogP contribution is -2.45. The predicted molar refractivity (Wildman–Crippen MR) is 89.5 cm³/mol. The largest absolute Gasteiger partial charge is 0.380 e. The number of aromatic nitrogens is 3. The molecule has 130 valence electrons. The maximum atomic E-state index is 11.4. The molecule has 3 atom stereocenters. The summed E-state index contributed by atoms with van der Waals surface area (Å²) in [6.45, 7) is 2.77. The molecule has 1 aromatic heterocycles. The van der Waals surface area contributed by atoms with Crippen molar-refractivity contribution in [3.8, 4) is 0 Å². The molecule has 0 bridgehead atoms. The van der Waals surface area contributed by atoms with Crippen LogP contribution in [-0.4, -0.2) is 38.9 Å². The van der Waals surface area contributed by atoms with Gasteiger partial charge in [0.2, 0.25) is 0 Å². The molecule has 1 N–H and O–H groups in total. The molecular weight excluding hydrogens is 330 g/mol. The predicted octanol–water partition coefficient (Wildman–Crippen LogP) is 2.75. The van der Waals surface area contributed by atoms with Gasteiger partial charge >= 0.3 is 0 Å². The Morgan fingerprint density at radius 2 is 2.21 bits per heavy atom. The summed E-state index contributed by atoms with van der Waals surface area (Å²) >= 11 is 5.98. The van der Waals surface area contributed by atoms with Gasteiger partial charge in [-0.3, -0.25) is 0 Å². The normalized spacial score (nSPS) is 22.0. The SMILES string of the molecule is C[C@@H](OC1CCCCO1)C(O)(Cn1cncn1)c1ccc(Cl)cc1. The van der Waals surface area contributed by atoms with Crippen LogP contribution in [0, 0.1) is 0 Å². The lowest BCUT2D eigenvalue weighted by Gasteiger charge is -2.37. The van der Waals surface area contributed by atoms with E-state index in [0.29, 0.717) is 17.2 Å². The highest BCUT2D eigenvalue weighted by molar-refractivity contribution is 6.30. The number of ether oxygens (including phenoxy) is 2. The molecule has 0 spiro atoms. The van der Waals surface area contributed by atoms with Crippen LogP contribution in [0.15, 0.2) is 36.9 Å². The van der Waals surface area contributed by atoms with Crippen LogP contribution in [0.4, 0.5) is 0 Å². The second-order valence-electron chi connectivity index (χ2n) is 6.10. The van der Waals surface area contributed by atoms with E-state index in [0.717, 1.165) is 19.3 Å². The summed E-state index contributed by atoms with van der Waals surface area (Å²) in [4.78, 5) is 3.94. The fourth-order valence-electron chi connectivity index (χ4n) is 2.91. The van der Waals surface area contributed by atoms with Crippen molar-refractivity contribution >= 4 is 11.6 Å². The van der Waals surface area contributed by atoms with Gasteiger partial charge in [0, 0.05) is 11.6 Å². The van der Waals surface area contributed by atoms with Crippen LogP contribution in [0.25, 0.3) is 0 Å². The zero-order valence-corrected chi connectivity index (χ0v) is 14.4. The summed E-state index contributed by atoms with van der Waals surface area (Å²) in [5, 5.41) is 16.2. The Hall–Kier alpha value is -1.47. The van der Waals surface area contributed by atoms with Crippen LogP contribution in [0.5, 0.6) is 0 Å². The molecule has 24 heavy (non-hydrogen) atoms. The van der Waals surface area contributed by atoms with Crippen LogP contribution in [-0.2, 0) is 21.6 Å². The number of nitrogens with zero attached hydrogens (tertiary/aromatic N) is 3. The van der Waals surface area contributed by atoms with Gasteiger partial charge in [0.05, 0.1) is 12.6 Å². The van der Waals surface area contributed by atoms with E-state index in [9.17, 15) is 5.11 Å². The molecule has 1 aliphatic rings. The highest BCUT2D eigenvalue weighted by Gasteiger charge is 2.39. The smallest absolute Gasteiger partial charge is 0.158 e. The second-order valence-corrected chi connectivity index (χ2v) is 6.54. The minimum Gasteiger partial charge on any atom is -0.380 e. The fourth-order valence-corrected chi connectivity index (χ4v) is 3.04. The summed E-state index contributed by atoms with van der Waals surface area (Å²) in [6, 6.07) is 7.13. The van der Waals surface area contributed by atoms with Crippen LogP contribution in [0.3, 0.4) is 0 Å². The van der Waals surface area contributed by atoms with Crippen molar-refractivity contribution in [2.24, 2.45) is 0 Å². The molecule has 0 radical (unpaired) electrons. The first-order valence-electron chi connectivity index (χ1n) is 8.16. The lowest BCUT2D eigenvalue weighted by atomic mass is 9.88. The molecule has 7 heteroatoms. The third-order valence-electron chi connectivity index (χ3n) is 4.38. The van der Waals surface area contributed by atoms with Crippen LogP contribution in [0.1, 0.15) is 31.7 Å². The van der Waals surface area contributed by atoms with Gasteiger partial charge in [-0.15, -0.1) is 0 Å². The molecule has 3 rings (SSSR count). The molecule has 6 nitrogen and oxygen atoms in total. The van der Waals surface area contributed by atoms with Crippen LogP contribution < -0.4 is 0 Å². The van der Waals surface area contributed by atoms with Crippen LogP contribution in [0.2, 0.25) is 5.02 Å². The molecule has 0 amide bonds. The average Bonchev–Trinajstić information content (AvgIpc) is 3.09. The Labute approximate surface area is 146 Å². The molecule has 0 aliphatic carbocycles. The number of benzene rings is 1. The summed E-state index contributed by atoms with van der Waals surface area (Å²) < 4.78 is 13.3. The van der Waals surface area contributed by atoms with Gasteiger partial charge in [-0.1, -0.05) is 23.7 Å². The van der Waals surface area contributed by atoms with Gasteiger partial charge in [0.15, 0.2) is 6.29 Å². The summed E-state index contributed by atoms with van der Waals surface area (Å²) in [5.74, 6) is 0. The van der Waals surface area contributed by atoms with E-state index in [-0.39, 0.29) is 12.8 Å². The van der Waals surface area contributed by atoms with Crippen molar-refractivity contribution in [2.75, 3.05) is 6.61 Å². The number of hydrogen-bond donors (Lipinski definition) is 1. The number of aliphatic hydroxyl groups is 1. The number of rotatable bonds is 6. The Morgan fingerprint density at radius 1 is 1.42 bits per heavy atom. The fraction of sp³-hybridized carbons (Fsp3) is 0.529. The number of hydrogen-bond acceptors (Lipinski definition) is 5. The van der Waals surface area contributed by atoms with Gasteiger partial charge in [-0.05, 0) is 43.9 Å². The van der Waals surface area contributed by atoms with Gasteiger partial charge in [-0.25, -0.2) is 9.67 Å². The van der Waals surface area contributed by atoms with Gasteiger partial charge < -0.3 is 14.6 Å². The third kappa shape index (κ3) is 3.95.